The van der Waals surface area contributed by atoms with E-state index in [9.17, 15) is 0 Å². The minimum absolute atomic E-state index is 0.0246. The largest absolute Gasteiger partial charge is 0.457 e. The first-order chi connectivity index (χ1) is 37.6. The molecule has 5 nitrogen and oxygen atoms in total. The van der Waals surface area contributed by atoms with Crippen LogP contribution in [0.15, 0.2) is 237 Å². The highest BCUT2D eigenvalue weighted by Gasteiger charge is 2.42. The Balaban J connectivity index is 1.00. The van der Waals surface area contributed by atoms with Gasteiger partial charge in [-0.15, -0.1) is 0 Å². The second kappa shape index (κ2) is 19.5. The van der Waals surface area contributed by atoms with Gasteiger partial charge in [0.2, 0.25) is 0 Å². The highest BCUT2D eigenvalue weighted by molar-refractivity contribution is 7.19. The van der Waals surface area contributed by atoms with Crippen molar-refractivity contribution < 1.29 is 4.74 Å². The number of para-hydroxylation sites is 2. The summed E-state index contributed by atoms with van der Waals surface area (Å²) >= 11 is 0. The summed E-state index contributed by atoms with van der Waals surface area (Å²) < 4.78 is 9.21. The highest BCUT2D eigenvalue weighted by atomic mass is 28.3. The normalized spacial score (nSPS) is 13.1. The summed E-state index contributed by atoms with van der Waals surface area (Å²) in [7, 11) is -2.83. The Morgan fingerprint density at radius 3 is 1.62 bits per heavy atom. The number of pyridine rings is 1. The average Bonchev–Trinajstić information content (AvgIpc) is 4.20. The van der Waals surface area contributed by atoms with Crippen LogP contribution in [0, 0.1) is 0 Å². The molecule has 1 aliphatic heterocycles. The van der Waals surface area contributed by atoms with Gasteiger partial charge in [-0.25, -0.2) is 4.98 Å². The standard InChI is InChI=1S/C72H68N4OSi/c1-70(2,3)51-40-41-73-68(46-51)76-65-36-20-19-34-63(65)64-39-38-57(48-67(64)76)77-56-26-22-25-54(47-56)74-49-75(55-44-52(71(4,5)6)43-53(45-55)72(7,8)9)69-62(35-23-37-66(69)74)50-24-21-33-61(42-50)78(58-27-13-10-14-28-58,59-29-15-11-16-30-59)60-31-17-12-18-32-60/h10-48H,49H2,1-9H3. The SMILES string of the molecule is CC(C)(C)c1cc(N2CN(c3cccc(Oc4ccc5c6ccccc6n(-c6cc(C(C)(C)C)ccn6)c5c4)c3)c3cccc(-c4cccc([Si](c5ccccc5)(c5ccccc5)c5ccccc5)c4)c32)cc(C(C)(C)C)c1. The van der Waals surface area contributed by atoms with Crippen molar-refractivity contribution in [1.29, 1.82) is 0 Å². The third-order valence-electron chi connectivity index (χ3n) is 15.9. The van der Waals surface area contributed by atoms with E-state index in [1.54, 1.807) is 0 Å². The number of aromatic nitrogens is 2. The second-order valence-electron chi connectivity index (χ2n) is 24.2. The highest BCUT2D eigenvalue weighted by Crippen LogP contribution is 2.51. The number of nitrogens with zero attached hydrogens (tertiary/aromatic N) is 4. The summed E-state index contributed by atoms with van der Waals surface area (Å²) in [6.07, 6.45) is 1.93. The molecule has 386 valence electrons. The van der Waals surface area contributed by atoms with Crippen LogP contribution in [0.5, 0.6) is 11.5 Å². The number of ether oxygens (including phenoxy) is 1. The predicted molar refractivity (Wildman–Crippen MR) is 332 cm³/mol. The molecular formula is C72H68N4OSi. The maximum Gasteiger partial charge on any atom is 0.179 e. The molecule has 6 heteroatoms. The number of fused-ring (bicyclic) bond motifs is 4. The fraction of sp³-hybridized carbons (Fsp3) is 0.181. The Labute approximate surface area is 462 Å². The van der Waals surface area contributed by atoms with Crippen molar-refractivity contribution in [1.82, 2.24) is 9.55 Å². The molecule has 0 radical (unpaired) electrons. The number of rotatable bonds is 10. The van der Waals surface area contributed by atoms with E-state index in [-0.39, 0.29) is 16.2 Å². The van der Waals surface area contributed by atoms with Crippen LogP contribution in [0.1, 0.15) is 79.0 Å². The summed E-state index contributed by atoms with van der Waals surface area (Å²) in [4.78, 5) is 9.95. The Kier molecular flexibility index (Phi) is 12.6. The zero-order valence-electron chi connectivity index (χ0n) is 46.4. The van der Waals surface area contributed by atoms with E-state index < -0.39 is 8.07 Å². The van der Waals surface area contributed by atoms with Gasteiger partial charge in [0.15, 0.2) is 8.07 Å². The molecule has 1 aliphatic rings. The summed E-state index contributed by atoms with van der Waals surface area (Å²) in [6.45, 7) is 21.3. The maximum absolute atomic E-state index is 6.93. The van der Waals surface area contributed by atoms with Gasteiger partial charge in [0, 0.05) is 46.0 Å². The molecule has 0 unspecified atom stereocenters. The third kappa shape index (κ3) is 9.08. The molecule has 0 spiro atoms. The lowest BCUT2D eigenvalue weighted by molar-refractivity contribution is 0.483. The predicted octanol–water partition coefficient (Wildman–Crippen LogP) is 16.2. The fourth-order valence-electron chi connectivity index (χ4n) is 11.7. The minimum Gasteiger partial charge on any atom is -0.457 e. The van der Waals surface area contributed by atoms with Gasteiger partial charge in [0.25, 0.3) is 0 Å². The number of hydrogen-bond donors (Lipinski definition) is 0. The van der Waals surface area contributed by atoms with Gasteiger partial charge in [-0.1, -0.05) is 220 Å². The quantitative estimate of drug-likeness (QED) is 0.101. The molecule has 0 atom stereocenters. The lowest BCUT2D eigenvalue weighted by Crippen LogP contribution is -2.74. The smallest absolute Gasteiger partial charge is 0.179 e. The summed E-state index contributed by atoms with van der Waals surface area (Å²) in [5.41, 5.74) is 12.8. The summed E-state index contributed by atoms with van der Waals surface area (Å²) in [5.74, 6) is 2.42. The molecule has 0 saturated heterocycles. The first-order valence-electron chi connectivity index (χ1n) is 27.5. The molecule has 0 amide bonds. The summed E-state index contributed by atoms with van der Waals surface area (Å²) in [5, 5.41) is 7.73. The minimum atomic E-state index is -2.83. The number of hydrogen-bond acceptors (Lipinski definition) is 4. The van der Waals surface area contributed by atoms with Crippen molar-refractivity contribution in [3.63, 3.8) is 0 Å². The molecule has 11 aromatic rings. The topological polar surface area (TPSA) is 33.5 Å². The molecule has 2 aromatic heterocycles. The van der Waals surface area contributed by atoms with Crippen molar-refractivity contribution in [2.75, 3.05) is 16.5 Å². The van der Waals surface area contributed by atoms with Crippen LogP contribution in [0.3, 0.4) is 0 Å². The van der Waals surface area contributed by atoms with Crippen molar-refractivity contribution in [3.05, 3.63) is 253 Å². The van der Waals surface area contributed by atoms with E-state index in [0.29, 0.717) is 6.67 Å². The molecule has 0 bridgehead atoms. The molecule has 0 saturated carbocycles. The van der Waals surface area contributed by atoms with E-state index in [0.717, 1.165) is 45.1 Å². The summed E-state index contributed by atoms with van der Waals surface area (Å²) in [6, 6.07) is 85.3. The van der Waals surface area contributed by atoms with Crippen LogP contribution in [-0.4, -0.2) is 24.3 Å². The molecule has 0 N–H and O–H groups in total. The molecule has 9 aromatic carbocycles. The van der Waals surface area contributed by atoms with Gasteiger partial charge >= 0.3 is 0 Å². The Morgan fingerprint density at radius 2 is 0.974 bits per heavy atom. The molecular weight excluding hydrogens is 965 g/mol. The van der Waals surface area contributed by atoms with E-state index in [1.165, 1.54) is 65.3 Å². The van der Waals surface area contributed by atoms with E-state index in [4.69, 9.17) is 9.72 Å². The van der Waals surface area contributed by atoms with Crippen LogP contribution in [0.2, 0.25) is 0 Å². The van der Waals surface area contributed by atoms with Gasteiger partial charge in [0.05, 0.1) is 22.4 Å². The number of benzene rings is 9. The lowest BCUT2D eigenvalue weighted by Gasteiger charge is -2.34. The van der Waals surface area contributed by atoms with Crippen molar-refractivity contribution in [2.24, 2.45) is 0 Å². The Hall–Kier alpha value is -8.45. The van der Waals surface area contributed by atoms with Crippen molar-refractivity contribution >= 4 is 73.4 Å². The van der Waals surface area contributed by atoms with Gasteiger partial charge < -0.3 is 14.5 Å². The van der Waals surface area contributed by atoms with E-state index in [2.05, 4.69) is 307 Å². The third-order valence-corrected chi connectivity index (χ3v) is 20.7. The van der Waals surface area contributed by atoms with Gasteiger partial charge in [-0.2, -0.15) is 0 Å². The monoisotopic (exact) mass is 1030 g/mol. The van der Waals surface area contributed by atoms with Gasteiger partial charge in [-0.05, 0) is 120 Å². The zero-order valence-corrected chi connectivity index (χ0v) is 47.4. The van der Waals surface area contributed by atoms with Crippen LogP contribution in [0.4, 0.5) is 22.7 Å². The van der Waals surface area contributed by atoms with Gasteiger partial charge in [-0.3, -0.25) is 4.57 Å². The molecule has 78 heavy (non-hydrogen) atoms. The average molecular weight is 1030 g/mol. The Morgan fingerprint density at radius 1 is 0.410 bits per heavy atom. The molecule has 12 rings (SSSR count). The second-order valence-corrected chi connectivity index (χ2v) is 28.0. The zero-order chi connectivity index (χ0) is 54.0. The first-order valence-corrected chi connectivity index (χ1v) is 29.5. The van der Waals surface area contributed by atoms with Crippen molar-refractivity contribution in [3.8, 4) is 28.4 Å². The lowest BCUT2D eigenvalue weighted by atomic mass is 9.80. The first kappa shape index (κ1) is 50.4. The molecule has 0 fully saturated rings. The fourth-order valence-corrected chi connectivity index (χ4v) is 16.5. The molecule has 0 aliphatic carbocycles. The van der Waals surface area contributed by atoms with E-state index in [1.807, 2.05) is 6.20 Å². The van der Waals surface area contributed by atoms with Crippen molar-refractivity contribution in [2.45, 2.75) is 78.6 Å². The number of anilines is 4. The van der Waals surface area contributed by atoms with E-state index >= 15 is 0 Å². The van der Waals surface area contributed by atoms with Gasteiger partial charge in [0.1, 0.15) is 24.0 Å². The Bertz CT molecular complexity index is 3860. The maximum atomic E-state index is 6.93. The molecule has 3 heterocycles. The van der Waals surface area contributed by atoms with Crippen LogP contribution < -0.4 is 35.3 Å². The van der Waals surface area contributed by atoms with Crippen LogP contribution in [0.25, 0.3) is 38.8 Å². The van der Waals surface area contributed by atoms with Crippen LogP contribution in [-0.2, 0) is 16.2 Å². The van der Waals surface area contributed by atoms with Crippen LogP contribution >= 0.6 is 0 Å².